The number of likely N-dealkylation sites (tertiary alicyclic amines) is 1. The Hall–Kier alpha value is -0.610. The van der Waals surface area contributed by atoms with Crippen LogP contribution in [0.5, 0.6) is 0 Å². The highest BCUT2D eigenvalue weighted by atomic mass is 16.5. The fourth-order valence-corrected chi connectivity index (χ4v) is 2.65. The van der Waals surface area contributed by atoms with Crippen molar-refractivity contribution in [3.63, 3.8) is 0 Å². The Morgan fingerprint density at radius 1 is 1.53 bits per heavy atom. The van der Waals surface area contributed by atoms with Gasteiger partial charge in [0.1, 0.15) is 0 Å². The van der Waals surface area contributed by atoms with Crippen molar-refractivity contribution in [1.29, 1.82) is 0 Å². The molecule has 2 saturated heterocycles. The van der Waals surface area contributed by atoms with Crippen molar-refractivity contribution >= 4 is 5.91 Å². The maximum absolute atomic E-state index is 11.9. The number of hydrogen-bond acceptors (Lipinski definition) is 3. The van der Waals surface area contributed by atoms with E-state index in [4.69, 9.17) is 4.74 Å². The van der Waals surface area contributed by atoms with Gasteiger partial charge in [-0.1, -0.05) is 0 Å². The second-order valence-corrected chi connectivity index (χ2v) is 4.54. The van der Waals surface area contributed by atoms with Crippen molar-refractivity contribution in [2.24, 2.45) is 0 Å². The molecule has 0 saturated carbocycles. The zero-order valence-corrected chi connectivity index (χ0v) is 9.42. The van der Waals surface area contributed by atoms with Crippen molar-refractivity contribution in [3.05, 3.63) is 0 Å². The SMILES string of the molecule is COCCC(=O)N1CC[C@]12CCCNC2. The average Bonchev–Trinajstić information content (AvgIpc) is 2.26. The normalized spacial score (nSPS) is 30.3. The zero-order chi connectivity index (χ0) is 10.7. The minimum absolute atomic E-state index is 0.156. The molecule has 2 rings (SSSR count). The lowest BCUT2D eigenvalue weighted by atomic mass is 9.78. The van der Waals surface area contributed by atoms with Gasteiger partial charge < -0.3 is 15.0 Å². The number of piperidine rings is 1. The first-order chi connectivity index (χ1) is 7.28. The first-order valence-electron chi connectivity index (χ1n) is 5.79. The Morgan fingerprint density at radius 2 is 2.40 bits per heavy atom. The number of ether oxygens (including phenoxy) is 1. The van der Waals surface area contributed by atoms with E-state index >= 15 is 0 Å². The van der Waals surface area contributed by atoms with E-state index in [2.05, 4.69) is 10.2 Å². The van der Waals surface area contributed by atoms with Crippen molar-refractivity contribution in [2.75, 3.05) is 33.4 Å². The van der Waals surface area contributed by atoms with Crippen LogP contribution in [0.1, 0.15) is 25.7 Å². The van der Waals surface area contributed by atoms with Gasteiger partial charge in [0.25, 0.3) is 0 Å². The summed E-state index contributed by atoms with van der Waals surface area (Å²) < 4.78 is 4.94. The van der Waals surface area contributed by atoms with Gasteiger partial charge in [-0.25, -0.2) is 0 Å². The summed E-state index contributed by atoms with van der Waals surface area (Å²) in [6.07, 6.45) is 4.05. The molecule has 2 aliphatic rings. The number of nitrogens with zero attached hydrogens (tertiary/aromatic N) is 1. The van der Waals surface area contributed by atoms with Crippen LogP contribution in [0.25, 0.3) is 0 Å². The highest BCUT2D eigenvalue weighted by Crippen LogP contribution is 2.36. The molecule has 15 heavy (non-hydrogen) atoms. The fourth-order valence-electron chi connectivity index (χ4n) is 2.65. The van der Waals surface area contributed by atoms with E-state index in [1.165, 1.54) is 19.3 Å². The van der Waals surface area contributed by atoms with E-state index < -0.39 is 0 Å². The summed E-state index contributed by atoms with van der Waals surface area (Å²) in [5.41, 5.74) is 0.156. The third-order valence-electron chi connectivity index (χ3n) is 3.64. The average molecular weight is 212 g/mol. The third-order valence-corrected chi connectivity index (χ3v) is 3.64. The van der Waals surface area contributed by atoms with Gasteiger partial charge in [0, 0.05) is 20.2 Å². The van der Waals surface area contributed by atoms with Crippen LogP contribution in [0.2, 0.25) is 0 Å². The topological polar surface area (TPSA) is 41.6 Å². The van der Waals surface area contributed by atoms with Gasteiger partial charge in [0.2, 0.25) is 5.91 Å². The third kappa shape index (κ3) is 2.01. The Morgan fingerprint density at radius 3 is 2.93 bits per heavy atom. The van der Waals surface area contributed by atoms with Crippen LogP contribution in [0, 0.1) is 0 Å². The lowest BCUT2D eigenvalue weighted by Crippen LogP contribution is -2.68. The minimum Gasteiger partial charge on any atom is -0.384 e. The van der Waals surface area contributed by atoms with Crippen LogP contribution in [0.4, 0.5) is 0 Å². The fraction of sp³-hybridized carbons (Fsp3) is 0.909. The van der Waals surface area contributed by atoms with Gasteiger partial charge in [-0.3, -0.25) is 4.79 Å². The first-order valence-corrected chi connectivity index (χ1v) is 5.79. The van der Waals surface area contributed by atoms with Gasteiger partial charge in [-0.15, -0.1) is 0 Å². The molecule has 2 heterocycles. The monoisotopic (exact) mass is 212 g/mol. The van der Waals surface area contributed by atoms with Gasteiger partial charge in [0.05, 0.1) is 18.6 Å². The molecule has 1 spiro atoms. The zero-order valence-electron chi connectivity index (χ0n) is 9.42. The molecule has 1 N–H and O–H groups in total. The predicted molar refractivity (Wildman–Crippen MR) is 57.7 cm³/mol. The molecule has 1 amide bonds. The van der Waals surface area contributed by atoms with E-state index in [1.807, 2.05) is 0 Å². The maximum Gasteiger partial charge on any atom is 0.225 e. The molecule has 0 aromatic carbocycles. The molecular formula is C11H20N2O2. The van der Waals surface area contributed by atoms with Crippen LogP contribution in [-0.2, 0) is 9.53 Å². The number of carbonyl (C=O) groups is 1. The van der Waals surface area contributed by atoms with E-state index in [-0.39, 0.29) is 11.4 Å². The van der Waals surface area contributed by atoms with Crippen molar-refractivity contribution in [3.8, 4) is 0 Å². The summed E-state index contributed by atoms with van der Waals surface area (Å²) in [5, 5.41) is 3.39. The Bertz CT molecular complexity index is 237. The largest absolute Gasteiger partial charge is 0.384 e. The van der Waals surface area contributed by atoms with Crippen LogP contribution < -0.4 is 5.32 Å². The van der Waals surface area contributed by atoms with E-state index in [1.54, 1.807) is 7.11 Å². The summed E-state index contributed by atoms with van der Waals surface area (Å²) in [4.78, 5) is 13.9. The van der Waals surface area contributed by atoms with Gasteiger partial charge >= 0.3 is 0 Å². The summed E-state index contributed by atoms with van der Waals surface area (Å²) in [6.45, 7) is 3.55. The second kappa shape index (κ2) is 4.49. The molecule has 0 aliphatic carbocycles. The molecule has 4 heteroatoms. The van der Waals surface area contributed by atoms with Gasteiger partial charge in [-0.2, -0.15) is 0 Å². The summed E-state index contributed by atoms with van der Waals surface area (Å²) in [7, 11) is 1.64. The van der Waals surface area contributed by atoms with Crippen LogP contribution in [0.3, 0.4) is 0 Å². The molecule has 0 unspecified atom stereocenters. The van der Waals surface area contributed by atoms with Gasteiger partial charge in [-0.05, 0) is 25.8 Å². The number of methoxy groups -OCH3 is 1. The number of nitrogens with one attached hydrogen (secondary N) is 1. The molecule has 0 bridgehead atoms. The molecular weight excluding hydrogens is 192 g/mol. The Labute approximate surface area is 91.0 Å². The van der Waals surface area contributed by atoms with Crippen LogP contribution in [0.15, 0.2) is 0 Å². The highest BCUT2D eigenvalue weighted by molar-refractivity contribution is 5.78. The lowest BCUT2D eigenvalue weighted by Gasteiger charge is -2.55. The highest BCUT2D eigenvalue weighted by Gasteiger charge is 2.47. The smallest absolute Gasteiger partial charge is 0.225 e. The standard InChI is InChI=1S/C11H20N2O2/c1-15-8-3-10(14)13-7-5-11(13)4-2-6-12-9-11/h12H,2-9H2,1H3/t11-/m0/s1. The quantitative estimate of drug-likeness (QED) is 0.735. The summed E-state index contributed by atoms with van der Waals surface area (Å²) in [6, 6.07) is 0. The molecule has 4 nitrogen and oxygen atoms in total. The van der Waals surface area contributed by atoms with Gasteiger partial charge in [0.15, 0.2) is 0 Å². The lowest BCUT2D eigenvalue weighted by molar-refractivity contribution is -0.150. The predicted octanol–water partition coefficient (Wildman–Crippen LogP) is 0.377. The molecule has 0 radical (unpaired) electrons. The molecule has 2 aliphatic heterocycles. The van der Waals surface area contributed by atoms with Crippen LogP contribution in [-0.4, -0.2) is 49.7 Å². The maximum atomic E-state index is 11.9. The van der Waals surface area contributed by atoms with Crippen molar-refractivity contribution < 1.29 is 9.53 Å². The number of hydrogen-bond donors (Lipinski definition) is 1. The number of amides is 1. The molecule has 1 atom stereocenters. The van der Waals surface area contributed by atoms with Crippen molar-refractivity contribution in [2.45, 2.75) is 31.2 Å². The Kier molecular flexibility index (Phi) is 3.26. The summed E-state index contributed by atoms with van der Waals surface area (Å²) in [5.74, 6) is 0.256. The molecule has 2 fully saturated rings. The first kappa shape index (κ1) is 10.9. The molecule has 0 aromatic rings. The van der Waals surface area contributed by atoms with Crippen molar-refractivity contribution in [1.82, 2.24) is 10.2 Å². The molecule has 0 aromatic heterocycles. The summed E-state index contributed by atoms with van der Waals surface area (Å²) >= 11 is 0. The van der Waals surface area contributed by atoms with E-state index in [9.17, 15) is 4.79 Å². The number of rotatable bonds is 3. The minimum atomic E-state index is 0.156. The van der Waals surface area contributed by atoms with E-state index in [0.29, 0.717) is 13.0 Å². The Balaban J connectivity index is 1.89. The van der Waals surface area contributed by atoms with Crippen LogP contribution >= 0.6 is 0 Å². The second-order valence-electron chi connectivity index (χ2n) is 4.54. The molecule has 86 valence electrons. The van der Waals surface area contributed by atoms with E-state index in [0.717, 1.165) is 19.6 Å². The number of carbonyl (C=O) groups excluding carboxylic acids is 1.